The second-order valence-electron chi connectivity index (χ2n) is 9.06. The van der Waals surface area contributed by atoms with E-state index in [1.165, 1.54) is 23.2 Å². The standard InChI is InChI=1S/C29H24N2O5S/c1-2-36-27(33)28(20-37(34,35)23-14-7-4-8-15-23)25(22-12-5-3-6-13-22)29(19-30)24-16-10-9-11-21(24)17-18-31(29)26(28)32/h3-18,25H,2,20H2,1H3/t25-,28-,29+/m1/s1. The molecule has 0 spiro atoms. The summed E-state index contributed by atoms with van der Waals surface area (Å²) < 4.78 is 33.0. The molecule has 7 nitrogen and oxygen atoms in total. The van der Waals surface area contributed by atoms with Crippen molar-refractivity contribution in [2.45, 2.75) is 23.3 Å². The van der Waals surface area contributed by atoms with Crippen molar-refractivity contribution in [3.63, 3.8) is 0 Å². The summed E-state index contributed by atoms with van der Waals surface area (Å²) in [7, 11) is -4.18. The highest BCUT2D eigenvalue weighted by atomic mass is 32.2. The number of hydrogen-bond donors (Lipinski definition) is 0. The van der Waals surface area contributed by atoms with Crippen molar-refractivity contribution < 1.29 is 22.7 Å². The number of nitrogens with zero attached hydrogens (tertiary/aromatic N) is 2. The Labute approximate surface area is 215 Å². The predicted molar refractivity (Wildman–Crippen MR) is 136 cm³/mol. The van der Waals surface area contributed by atoms with Crippen LogP contribution in [0.4, 0.5) is 0 Å². The molecule has 0 saturated carbocycles. The van der Waals surface area contributed by atoms with E-state index in [1.54, 1.807) is 73.7 Å². The summed E-state index contributed by atoms with van der Waals surface area (Å²) in [5.41, 5.74) is -2.18. The van der Waals surface area contributed by atoms with Crippen molar-refractivity contribution >= 4 is 27.8 Å². The van der Waals surface area contributed by atoms with Gasteiger partial charge in [-0.1, -0.05) is 72.8 Å². The first-order valence-corrected chi connectivity index (χ1v) is 13.5. The number of rotatable bonds is 6. The molecule has 0 N–H and O–H groups in total. The lowest BCUT2D eigenvalue weighted by Crippen LogP contribution is -2.49. The fourth-order valence-electron chi connectivity index (χ4n) is 5.64. The molecular formula is C29H24N2O5S. The number of carbonyl (C=O) groups is 2. The third kappa shape index (κ3) is 3.50. The van der Waals surface area contributed by atoms with Gasteiger partial charge in [-0.2, -0.15) is 5.26 Å². The molecule has 2 aliphatic heterocycles. The van der Waals surface area contributed by atoms with Crippen LogP contribution >= 0.6 is 0 Å². The lowest BCUT2D eigenvalue weighted by molar-refractivity contribution is -0.159. The molecule has 1 amide bonds. The van der Waals surface area contributed by atoms with Crippen LogP contribution in [0.2, 0.25) is 0 Å². The molecule has 186 valence electrons. The van der Waals surface area contributed by atoms with Crippen LogP contribution in [0.5, 0.6) is 0 Å². The van der Waals surface area contributed by atoms with Gasteiger partial charge in [-0.05, 0) is 36.3 Å². The van der Waals surface area contributed by atoms with E-state index in [1.807, 2.05) is 12.1 Å². The zero-order chi connectivity index (χ0) is 26.3. The maximum atomic E-state index is 14.4. The summed E-state index contributed by atoms with van der Waals surface area (Å²) in [5.74, 6) is -3.78. The van der Waals surface area contributed by atoms with Crippen LogP contribution < -0.4 is 0 Å². The van der Waals surface area contributed by atoms with Gasteiger partial charge in [0.15, 0.2) is 20.8 Å². The number of benzene rings is 3. The van der Waals surface area contributed by atoms with Crippen molar-refractivity contribution in [1.82, 2.24) is 4.90 Å². The minimum Gasteiger partial charge on any atom is -0.465 e. The second-order valence-corrected chi connectivity index (χ2v) is 11.1. The molecule has 3 aromatic rings. The molecule has 1 fully saturated rings. The Morgan fingerprint density at radius 2 is 1.62 bits per heavy atom. The summed E-state index contributed by atoms with van der Waals surface area (Å²) in [5, 5.41) is 10.8. The van der Waals surface area contributed by atoms with Gasteiger partial charge in [0.25, 0.3) is 0 Å². The molecule has 2 heterocycles. The lowest BCUT2D eigenvalue weighted by atomic mass is 9.64. The SMILES string of the molecule is CCOC(=O)[C@@]1(CS(=O)(=O)c2ccccc2)C(=O)N2C=Cc3ccccc3[C@@]2(C#N)[C@@H]1c1ccccc1. The summed E-state index contributed by atoms with van der Waals surface area (Å²) in [6.07, 6.45) is 3.16. The molecule has 8 heteroatoms. The molecule has 0 aromatic heterocycles. The molecule has 0 radical (unpaired) electrons. The van der Waals surface area contributed by atoms with Crippen LogP contribution in [0.1, 0.15) is 29.5 Å². The number of nitriles is 1. The third-order valence-corrected chi connectivity index (χ3v) is 8.95. The van der Waals surface area contributed by atoms with Crippen molar-refractivity contribution in [1.29, 1.82) is 5.26 Å². The van der Waals surface area contributed by atoms with Gasteiger partial charge in [0.2, 0.25) is 5.91 Å². The number of sulfone groups is 1. The van der Waals surface area contributed by atoms with Crippen molar-refractivity contribution in [3.05, 3.63) is 108 Å². The predicted octanol–water partition coefficient (Wildman–Crippen LogP) is 4.04. The first-order valence-electron chi connectivity index (χ1n) is 11.9. The molecule has 0 aliphatic carbocycles. The second kappa shape index (κ2) is 9.02. The van der Waals surface area contributed by atoms with Gasteiger partial charge in [-0.3, -0.25) is 14.5 Å². The maximum absolute atomic E-state index is 14.4. The first-order chi connectivity index (χ1) is 17.8. The molecular weight excluding hydrogens is 488 g/mol. The van der Waals surface area contributed by atoms with Gasteiger partial charge in [-0.15, -0.1) is 0 Å². The Hall–Kier alpha value is -4.22. The monoisotopic (exact) mass is 512 g/mol. The zero-order valence-electron chi connectivity index (χ0n) is 20.1. The number of carbonyl (C=O) groups excluding carboxylic acids is 2. The lowest BCUT2D eigenvalue weighted by Gasteiger charge is -2.40. The largest absolute Gasteiger partial charge is 0.465 e. The normalized spacial score (nSPS) is 24.2. The molecule has 0 unspecified atom stereocenters. The van der Waals surface area contributed by atoms with E-state index >= 15 is 0 Å². The van der Waals surface area contributed by atoms with E-state index in [0.29, 0.717) is 16.7 Å². The van der Waals surface area contributed by atoms with Gasteiger partial charge in [0.1, 0.15) is 0 Å². The van der Waals surface area contributed by atoms with Gasteiger partial charge in [-0.25, -0.2) is 8.42 Å². The average Bonchev–Trinajstić information content (AvgIpc) is 3.15. The minimum absolute atomic E-state index is 0.0230. The molecule has 0 bridgehead atoms. The van der Waals surface area contributed by atoms with Crippen LogP contribution in [0.3, 0.4) is 0 Å². The molecule has 3 aromatic carbocycles. The van der Waals surface area contributed by atoms with Crippen LogP contribution in [-0.2, 0) is 29.7 Å². The van der Waals surface area contributed by atoms with Gasteiger partial charge < -0.3 is 4.74 Å². The Morgan fingerprint density at radius 1 is 1.00 bits per heavy atom. The summed E-state index contributed by atoms with van der Waals surface area (Å²) in [6.45, 7) is 1.53. The fraction of sp³-hybridized carbons (Fsp3) is 0.207. The Balaban J connectivity index is 1.86. The zero-order valence-corrected chi connectivity index (χ0v) is 20.9. The molecule has 5 rings (SSSR count). The highest BCUT2D eigenvalue weighted by molar-refractivity contribution is 7.91. The van der Waals surface area contributed by atoms with Crippen LogP contribution in [0.15, 0.2) is 96.0 Å². The van der Waals surface area contributed by atoms with E-state index in [2.05, 4.69) is 6.07 Å². The average molecular weight is 513 g/mol. The van der Waals surface area contributed by atoms with Crippen molar-refractivity contribution in [2.75, 3.05) is 12.4 Å². The van der Waals surface area contributed by atoms with E-state index in [9.17, 15) is 23.3 Å². The number of hydrogen-bond acceptors (Lipinski definition) is 6. The van der Waals surface area contributed by atoms with Crippen LogP contribution in [0, 0.1) is 16.7 Å². The summed E-state index contributed by atoms with van der Waals surface area (Å²) in [6, 6.07) is 25.8. The Bertz CT molecular complexity index is 1550. The van der Waals surface area contributed by atoms with E-state index in [0.717, 1.165) is 0 Å². The van der Waals surface area contributed by atoms with Crippen LogP contribution in [0.25, 0.3) is 6.08 Å². The van der Waals surface area contributed by atoms with E-state index < -0.39 is 44.3 Å². The number of fused-ring (bicyclic) bond motifs is 3. The third-order valence-electron chi connectivity index (χ3n) is 7.13. The number of esters is 1. The van der Waals surface area contributed by atoms with E-state index in [-0.39, 0.29) is 11.5 Å². The number of amides is 1. The highest BCUT2D eigenvalue weighted by Gasteiger charge is 2.73. The Morgan fingerprint density at radius 3 is 2.27 bits per heavy atom. The van der Waals surface area contributed by atoms with E-state index in [4.69, 9.17) is 4.74 Å². The van der Waals surface area contributed by atoms with Gasteiger partial charge >= 0.3 is 5.97 Å². The Kier molecular flexibility index (Phi) is 5.97. The number of ether oxygens (including phenoxy) is 1. The van der Waals surface area contributed by atoms with Gasteiger partial charge in [0, 0.05) is 11.8 Å². The first kappa shape index (κ1) is 24.5. The fourth-order valence-corrected chi connectivity index (χ4v) is 7.38. The molecule has 37 heavy (non-hydrogen) atoms. The van der Waals surface area contributed by atoms with Gasteiger partial charge in [0.05, 0.1) is 29.2 Å². The van der Waals surface area contributed by atoms with Crippen molar-refractivity contribution in [2.24, 2.45) is 5.41 Å². The minimum atomic E-state index is -4.18. The topological polar surface area (TPSA) is 105 Å². The highest BCUT2D eigenvalue weighted by Crippen LogP contribution is 2.61. The van der Waals surface area contributed by atoms with Crippen LogP contribution in [-0.4, -0.2) is 37.6 Å². The summed E-state index contributed by atoms with van der Waals surface area (Å²) >= 11 is 0. The molecule has 2 aliphatic rings. The van der Waals surface area contributed by atoms with Crippen molar-refractivity contribution in [3.8, 4) is 6.07 Å². The summed E-state index contributed by atoms with van der Waals surface area (Å²) in [4.78, 5) is 29.5. The maximum Gasteiger partial charge on any atom is 0.323 e. The molecule has 3 atom stereocenters. The molecule has 1 saturated heterocycles. The smallest absolute Gasteiger partial charge is 0.323 e. The quantitative estimate of drug-likeness (QED) is 0.365.